The maximum atomic E-state index is 13.2. The number of hydrogen-bond acceptors (Lipinski definition) is 6. The van der Waals surface area contributed by atoms with E-state index < -0.39 is 16.5 Å². The number of nitrogens with zero attached hydrogens (tertiary/aromatic N) is 3. The number of methoxy groups -OCH3 is 1. The van der Waals surface area contributed by atoms with Gasteiger partial charge in [0.05, 0.1) is 46.8 Å². The van der Waals surface area contributed by atoms with E-state index in [2.05, 4.69) is 10.1 Å². The van der Waals surface area contributed by atoms with E-state index >= 15 is 0 Å². The number of hydrogen-bond donors (Lipinski definition) is 1. The highest BCUT2D eigenvalue weighted by Gasteiger charge is 2.21. The lowest BCUT2D eigenvalue weighted by atomic mass is 10.1. The highest BCUT2D eigenvalue weighted by molar-refractivity contribution is 6.01. The maximum Gasteiger partial charge on any atom is 0.311 e. The molecule has 0 saturated heterocycles. The molecule has 31 heavy (non-hydrogen) atoms. The van der Waals surface area contributed by atoms with Gasteiger partial charge in [0.15, 0.2) is 0 Å². The molecule has 0 aliphatic heterocycles. The quantitative estimate of drug-likeness (QED) is 0.270. The van der Waals surface area contributed by atoms with Gasteiger partial charge in [0.25, 0.3) is 11.2 Å². The monoisotopic (exact) mass is 422 g/mol. The molecule has 0 aliphatic rings. The van der Waals surface area contributed by atoms with Crippen LogP contribution in [0.15, 0.2) is 58.3 Å². The minimum Gasteiger partial charge on any atom is -0.469 e. The number of nitro benzene ring substituents is 1. The molecule has 9 heteroatoms. The Balaban J connectivity index is 2.14. The number of carbonyl (C=O) groups is 1. The first-order valence-electron chi connectivity index (χ1n) is 9.64. The summed E-state index contributed by atoms with van der Waals surface area (Å²) in [5.41, 5.74) is 2.73. The van der Waals surface area contributed by atoms with Crippen molar-refractivity contribution in [3.63, 3.8) is 0 Å². The third-order valence-corrected chi connectivity index (χ3v) is 4.86. The first kappa shape index (κ1) is 21.7. The molecular weight excluding hydrogens is 400 g/mol. The third kappa shape index (κ3) is 4.61. The number of H-pyrrole nitrogens is 1. The van der Waals surface area contributed by atoms with Gasteiger partial charge in [-0.15, -0.1) is 0 Å². The van der Waals surface area contributed by atoms with Crippen molar-refractivity contribution in [1.29, 1.82) is 0 Å². The number of rotatable bonds is 7. The third-order valence-electron chi connectivity index (χ3n) is 4.86. The standard InChI is InChI=1S/C22H22N4O5/c1-4-15-7-5-6-8-18(15)23-14(2)21-19(13-20(27)31-3)24-25(22(21)28)16-9-11-17(12-10-16)26(29)30/h5-12,24H,4,13H2,1-3H3. The molecule has 0 radical (unpaired) electrons. The van der Waals surface area contributed by atoms with E-state index in [4.69, 9.17) is 4.74 Å². The van der Waals surface area contributed by atoms with Crippen molar-refractivity contribution in [2.75, 3.05) is 7.11 Å². The van der Waals surface area contributed by atoms with Crippen LogP contribution in [0.2, 0.25) is 0 Å². The van der Waals surface area contributed by atoms with Gasteiger partial charge in [-0.25, -0.2) is 4.68 Å². The smallest absolute Gasteiger partial charge is 0.311 e. The first-order valence-corrected chi connectivity index (χ1v) is 9.64. The summed E-state index contributed by atoms with van der Waals surface area (Å²) in [6.07, 6.45) is 0.630. The van der Waals surface area contributed by atoms with Crippen molar-refractivity contribution < 1.29 is 14.5 Å². The van der Waals surface area contributed by atoms with Gasteiger partial charge in [0.2, 0.25) is 0 Å². The molecule has 1 heterocycles. The number of aliphatic imine (C=N–C) groups is 1. The molecule has 0 aliphatic carbocycles. The highest BCUT2D eigenvalue weighted by atomic mass is 16.6. The molecule has 0 amide bonds. The van der Waals surface area contributed by atoms with Crippen molar-refractivity contribution >= 4 is 23.1 Å². The van der Waals surface area contributed by atoms with E-state index in [1.54, 1.807) is 6.92 Å². The molecule has 1 aromatic heterocycles. The summed E-state index contributed by atoms with van der Waals surface area (Å²) < 4.78 is 5.99. The molecule has 0 spiro atoms. The summed E-state index contributed by atoms with van der Waals surface area (Å²) in [6, 6.07) is 13.2. The van der Waals surface area contributed by atoms with Crippen LogP contribution in [-0.2, 0) is 22.4 Å². The largest absolute Gasteiger partial charge is 0.469 e. The van der Waals surface area contributed by atoms with E-state index in [1.165, 1.54) is 36.1 Å². The van der Waals surface area contributed by atoms with Crippen molar-refractivity contribution in [2.24, 2.45) is 4.99 Å². The first-order chi connectivity index (χ1) is 14.8. The van der Waals surface area contributed by atoms with Gasteiger partial charge in [-0.3, -0.25) is 29.8 Å². The topological polar surface area (TPSA) is 120 Å². The van der Waals surface area contributed by atoms with Gasteiger partial charge in [0.1, 0.15) is 0 Å². The summed E-state index contributed by atoms with van der Waals surface area (Å²) in [5.74, 6) is -0.514. The van der Waals surface area contributed by atoms with E-state index in [9.17, 15) is 19.7 Å². The minimum absolute atomic E-state index is 0.0905. The predicted molar refractivity (Wildman–Crippen MR) is 116 cm³/mol. The summed E-state index contributed by atoms with van der Waals surface area (Å²) >= 11 is 0. The number of nitrogens with one attached hydrogen (secondary N) is 1. The number of ether oxygens (including phenoxy) is 1. The van der Waals surface area contributed by atoms with Crippen LogP contribution in [0.3, 0.4) is 0 Å². The van der Waals surface area contributed by atoms with Gasteiger partial charge in [-0.2, -0.15) is 0 Å². The number of non-ortho nitro benzene ring substituents is 1. The molecule has 3 aromatic rings. The zero-order valence-corrected chi connectivity index (χ0v) is 17.4. The molecule has 3 rings (SSSR count). The Labute approximate surface area is 178 Å². The highest BCUT2D eigenvalue weighted by Crippen LogP contribution is 2.21. The Hall–Kier alpha value is -4.01. The summed E-state index contributed by atoms with van der Waals surface area (Å²) in [5, 5.41) is 13.8. The van der Waals surface area contributed by atoms with Crippen LogP contribution in [0, 0.1) is 10.1 Å². The van der Waals surface area contributed by atoms with Crippen LogP contribution < -0.4 is 5.56 Å². The van der Waals surface area contributed by atoms with E-state index in [-0.39, 0.29) is 17.7 Å². The fourth-order valence-corrected chi connectivity index (χ4v) is 3.26. The molecule has 1 N–H and O–H groups in total. The van der Waals surface area contributed by atoms with Gasteiger partial charge < -0.3 is 4.74 Å². The fourth-order valence-electron chi connectivity index (χ4n) is 3.26. The van der Waals surface area contributed by atoms with Crippen LogP contribution >= 0.6 is 0 Å². The molecule has 0 unspecified atom stereocenters. The number of aromatic amines is 1. The van der Waals surface area contributed by atoms with Gasteiger partial charge in [0, 0.05) is 12.1 Å². The van der Waals surface area contributed by atoms with Gasteiger partial charge in [-0.05, 0) is 37.1 Å². The second-order valence-corrected chi connectivity index (χ2v) is 6.81. The summed E-state index contributed by atoms with van der Waals surface area (Å²) in [7, 11) is 1.27. The number of benzene rings is 2. The molecule has 9 nitrogen and oxygen atoms in total. The lowest BCUT2D eigenvalue weighted by Gasteiger charge is -2.05. The SMILES string of the molecule is CCc1ccccc1N=C(C)c1c(CC(=O)OC)[nH]n(-c2ccc([N+](=O)[O-])cc2)c1=O. The summed E-state index contributed by atoms with van der Waals surface area (Å²) in [6.45, 7) is 3.72. The second kappa shape index (κ2) is 9.21. The van der Waals surface area contributed by atoms with Gasteiger partial charge in [-0.1, -0.05) is 25.1 Å². The molecular formula is C22H22N4O5. The predicted octanol–water partition coefficient (Wildman–Crippen LogP) is 3.49. The fraction of sp³-hybridized carbons (Fsp3) is 0.227. The molecule has 0 atom stereocenters. The van der Waals surface area contributed by atoms with Crippen LogP contribution in [0.1, 0.15) is 30.7 Å². The molecule has 160 valence electrons. The van der Waals surface area contributed by atoms with Crippen molar-refractivity contribution in [3.05, 3.63) is 85.8 Å². The van der Waals surface area contributed by atoms with Crippen molar-refractivity contribution in [1.82, 2.24) is 9.78 Å². The van der Waals surface area contributed by atoms with E-state index in [1.807, 2.05) is 31.2 Å². The van der Waals surface area contributed by atoms with Crippen molar-refractivity contribution in [3.8, 4) is 5.69 Å². The minimum atomic E-state index is -0.517. The molecule has 0 bridgehead atoms. The average molecular weight is 422 g/mol. The lowest BCUT2D eigenvalue weighted by molar-refractivity contribution is -0.384. The van der Waals surface area contributed by atoms with Crippen molar-refractivity contribution in [2.45, 2.75) is 26.7 Å². The molecule has 0 fully saturated rings. The summed E-state index contributed by atoms with van der Waals surface area (Å²) in [4.78, 5) is 40.2. The second-order valence-electron chi connectivity index (χ2n) is 6.81. The zero-order chi connectivity index (χ0) is 22.5. The lowest BCUT2D eigenvalue weighted by Crippen LogP contribution is -2.20. The Morgan fingerprint density at radius 2 is 1.87 bits per heavy atom. The number of carbonyl (C=O) groups excluding carboxylic acids is 1. The molecule has 0 saturated carbocycles. The Morgan fingerprint density at radius 3 is 2.48 bits per heavy atom. The van der Waals surface area contributed by atoms with Crippen LogP contribution in [0.25, 0.3) is 5.69 Å². The zero-order valence-electron chi connectivity index (χ0n) is 17.4. The van der Waals surface area contributed by atoms with Crippen LogP contribution in [0.5, 0.6) is 0 Å². The Bertz CT molecular complexity index is 1210. The number of esters is 1. The van der Waals surface area contributed by atoms with Crippen LogP contribution in [-0.4, -0.2) is 33.5 Å². The number of aromatic nitrogens is 2. The van der Waals surface area contributed by atoms with Crippen LogP contribution in [0.4, 0.5) is 11.4 Å². The average Bonchev–Trinajstić information content (AvgIpc) is 3.09. The maximum absolute atomic E-state index is 13.2. The van der Waals surface area contributed by atoms with Gasteiger partial charge >= 0.3 is 5.97 Å². The number of para-hydroxylation sites is 1. The van der Waals surface area contributed by atoms with E-state index in [0.29, 0.717) is 17.1 Å². The Kier molecular flexibility index (Phi) is 6.44. The Morgan fingerprint density at radius 1 is 1.19 bits per heavy atom. The molecule has 2 aromatic carbocycles. The number of aryl methyl sites for hydroxylation is 1. The normalized spacial score (nSPS) is 11.4. The van der Waals surface area contributed by atoms with E-state index in [0.717, 1.165) is 17.7 Å². The number of nitro groups is 1.